The second-order valence-electron chi connectivity index (χ2n) is 5.53. The van der Waals surface area contributed by atoms with E-state index in [-0.39, 0.29) is 5.82 Å². The molecule has 0 fully saturated rings. The van der Waals surface area contributed by atoms with Gasteiger partial charge in [-0.1, -0.05) is 41.9 Å². The van der Waals surface area contributed by atoms with Gasteiger partial charge in [0.05, 0.1) is 11.4 Å². The van der Waals surface area contributed by atoms with Gasteiger partial charge in [-0.25, -0.2) is 13.9 Å². The lowest BCUT2D eigenvalue weighted by Gasteiger charge is -2.05. The summed E-state index contributed by atoms with van der Waals surface area (Å²) in [5.74, 6) is -0.281. The highest BCUT2D eigenvalue weighted by molar-refractivity contribution is 6.30. The fourth-order valence-corrected chi connectivity index (χ4v) is 3.02. The molecule has 0 atom stereocenters. The van der Waals surface area contributed by atoms with Gasteiger partial charge in [0, 0.05) is 17.2 Å². The molecule has 0 radical (unpaired) electrons. The van der Waals surface area contributed by atoms with Gasteiger partial charge >= 0.3 is 0 Å². The highest BCUT2D eigenvalue weighted by Gasteiger charge is 2.16. The molecule has 0 aliphatic rings. The molecule has 4 aromatic rings. The molecule has 3 nitrogen and oxygen atoms in total. The van der Waals surface area contributed by atoms with Crippen molar-refractivity contribution in [3.63, 3.8) is 0 Å². The number of rotatable bonds is 2. The van der Waals surface area contributed by atoms with Crippen LogP contribution in [-0.2, 0) is 0 Å². The van der Waals surface area contributed by atoms with E-state index in [9.17, 15) is 4.39 Å². The minimum absolute atomic E-state index is 0.281. The molecule has 118 valence electrons. The molecule has 2 aromatic carbocycles. The van der Waals surface area contributed by atoms with Gasteiger partial charge in [0.2, 0.25) is 0 Å². The molecule has 0 bridgehead atoms. The smallest absolute Gasteiger partial charge is 0.165 e. The Bertz CT molecular complexity index is 1020. The summed E-state index contributed by atoms with van der Waals surface area (Å²) in [7, 11) is 0. The number of hydrogen-bond donors (Lipinski definition) is 0. The molecule has 0 amide bonds. The lowest BCUT2D eigenvalue weighted by molar-refractivity contribution is 0.628. The molecule has 2 aromatic heterocycles. The fourth-order valence-electron chi connectivity index (χ4n) is 2.80. The summed E-state index contributed by atoms with van der Waals surface area (Å²) in [6.45, 7) is 1.94. The normalized spacial score (nSPS) is 11.1. The molecule has 2 heterocycles. The molecular formula is C19H13ClFN3. The summed E-state index contributed by atoms with van der Waals surface area (Å²) in [6, 6.07) is 17.9. The third-order valence-corrected chi connectivity index (χ3v) is 4.19. The minimum atomic E-state index is -0.281. The number of nitrogens with zero attached hydrogens (tertiary/aromatic N) is 3. The summed E-state index contributed by atoms with van der Waals surface area (Å²) in [5.41, 5.74) is 5.01. The molecule has 4 rings (SSSR count). The first-order valence-electron chi connectivity index (χ1n) is 7.51. The Morgan fingerprint density at radius 1 is 0.958 bits per heavy atom. The maximum Gasteiger partial charge on any atom is 0.165 e. The highest BCUT2D eigenvalue weighted by atomic mass is 35.5. The van der Waals surface area contributed by atoms with Crippen molar-refractivity contribution in [1.82, 2.24) is 14.6 Å². The van der Waals surface area contributed by atoms with Crippen LogP contribution in [0.2, 0.25) is 5.15 Å². The van der Waals surface area contributed by atoms with Gasteiger partial charge in [0.25, 0.3) is 0 Å². The highest BCUT2D eigenvalue weighted by Crippen LogP contribution is 2.31. The molecule has 0 saturated carbocycles. The van der Waals surface area contributed by atoms with Gasteiger partial charge in [0.1, 0.15) is 11.0 Å². The van der Waals surface area contributed by atoms with E-state index in [2.05, 4.69) is 5.10 Å². The lowest BCUT2D eigenvalue weighted by Crippen LogP contribution is -1.95. The van der Waals surface area contributed by atoms with Crippen LogP contribution in [0, 0.1) is 12.7 Å². The van der Waals surface area contributed by atoms with E-state index in [4.69, 9.17) is 16.6 Å². The number of benzene rings is 2. The largest absolute Gasteiger partial charge is 0.228 e. The molecule has 0 N–H and O–H groups in total. The number of aromatic nitrogens is 3. The van der Waals surface area contributed by atoms with Crippen LogP contribution in [0.25, 0.3) is 28.0 Å². The number of aryl methyl sites for hydroxylation is 1. The maximum atomic E-state index is 13.2. The Morgan fingerprint density at radius 3 is 2.38 bits per heavy atom. The first-order chi connectivity index (χ1) is 11.6. The molecule has 0 saturated heterocycles. The molecular weight excluding hydrogens is 325 g/mol. The zero-order valence-electron chi connectivity index (χ0n) is 12.9. The van der Waals surface area contributed by atoms with Crippen LogP contribution in [0.15, 0.2) is 60.7 Å². The van der Waals surface area contributed by atoms with Crippen molar-refractivity contribution in [2.24, 2.45) is 0 Å². The van der Waals surface area contributed by atoms with Crippen LogP contribution >= 0.6 is 11.6 Å². The van der Waals surface area contributed by atoms with Gasteiger partial charge in [0.15, 0.2) is 5.65 Å². The van der Waals surface area contributed by atoms with Gasteiger partial charge in [-0.05, 0) is 36.8 Å². The zero-order chi connectivity index (χ0) is 16.7. The van der Waals surface area contributed by atoms with Gasteiger partial charge in [-0.15, -0.1) is 0 Å². The third kappa shape index (κ3) is 2.45. The molecule has 0 spiro atoms. The van der Waals surface area contributed by atoms with Crippen LogP contribution in [0.3, 0.4) is 0 Å². The van der Waals surface area contributed by atoms with E-state index in [0.29, 0.717) is 16.5 Å². The summed E-state index contributed by atoms with van der Waals surface area (Å²) in [4.78, 5) is 4.73. The first kappa shape index (κ1) is 14.8. The van der Waals surface area contributed by atoms with Crippen LogP contribution in [0.5, 0.6) is 0 Å². The Morgan fingerprint density at radius 2 is 1.67 bits per heavy atom. The third-order valence-electron chi connectivity index (χ3n) is 3.92. The van der Waals surface area contributed by atoms with Crippen molar-refractivity contribution >= 4 is 17.2 Å². The van der Waals surface area contributed by atoms with Crippen molar-refractivity contribution in [2.45, 2.75) is 6.92 Å². The second-order valence-corrected chi connectivity index (χ2v) is 5.92. The molecule has 0 aliphatic carbocycles. The van der Waals surface area contributed by atoms with Crippen LogP contribution in [-0.4, -0.2) is 14.6 Å². The molecule has 0 unspecified atom stereocenters. The van der Waals surface area contributed by atoms with E-state index in [1.54, 1.807) is 22.7 Å². The number of fused-ring (bicyclic) bond motifs is 1. The Labute approximate surface area is 143 Å². The maximum absolute atomic E-state index is 13.2. The van der Waals surface area contributed by atoms with Crippen LogP contribution < -0.4 is 0 Å². The van der Waals surface area contributed by atoms with Gasteiger partial charge < -0.3 is 0 Å². The standard InChI is InChI=1S/C19H13ClFN3/c1-12-18(14-5-3-2-4-6-14)19-22-16(11-17(20)24(19)23-12)13-7-9-15(21)10-8-13/h2-11H,1H3. The zero-order valence-corrected chi connectivity index (χ0v) is 13.6. The monoisotopic (exact) mass is 337 g/mol. The first-order valence-corrected chi connectivity index (χ1v) is 7.88. The van der Waals surface area contributed by atoms with Crippen molar-refractivity contribution in [2.75, 3.05) is 0 Å². The molecule has 5 heteroatoms. The fraction of sp³-hybridized carbons (Fsp3) is 0.0526. The average molecular weight is 338 g/mol. The summed E-state index contributed by atoms with van der Waals surface area (Å²) in [5, 5.41) is 4.96. The Hall–Kier alpha value is -2.72. The minimum Gasteiger partial charge on any atom is -0.228 e. The SMILES string of the molecule is Cc1nn2c(Cl)cc(-c3ccc(F)cc3)nc2c1-c1ccccc1. The number of halogens is 2. The van der Waals surface area contributed by atoms with E-state index in [0.717, 1.165) is 22.4 Å². The average Bonchev–Trinajstić information content (AvgIpc) is 2.93. The summed E-state index contributed by atoms with van der Waals surface area (Å²) >= 11 is 6.40. The predicted octanol–water partition coefficient (Wildman–Crippen LogP) is 5.16. The van der Waals surface area contributed by atoms with Crippen molar-refractivity contribution in [3.05, 3.63) is 77.3 Å². The quantitative estimate of drug-likeness (QED) is 0.473. The molecule has 24 heavy (non-hydrogen) atoms. The van der Waals surface area contributed by atoms with Crippen LogP contribution in [0.1, 0.15) is 5.69 Å². The lowest BCUT2D eigenvalue weighted by atomic mass is 10.1. The van der Waals surface area contributed by atoms with E-state index >= 15 is 0 Å². The predicted molar refractivity (Wildman–Crippen MR) is 93.6 cm³/mol. The Kier molecular flexibility index (Phi) is 3.54. The van der Waals surface area contributed by atoms with E-state index in [1.807, 2.05) is 37.3 Å². The van der Waals surface area contributed by atoms with E-state index < -0.39 is 0 Å². The Balaban J connectivity index is 1.98. The van der Waals surface area contributed by atoms with Crippen LogP contribution in [0.4, 0.5) is 4.39 Å². The topological polar surface area (TPSA) is 30.2 Å². The molecule has 0 aliphatic heterocycles. The van der Waals surface area contributed by atoms with Crippen molar-refractivity contribution < 1.29 is 4.39 Å². The summed E-state index contributed by atoms with van der Waals surface area (Å²) in [6.07, 6.45) is 0. The second kappa shape index (κ2) is 5.73. The van der Waals surface area contributed by atoms with Gasteiger partial charge in [-0.3, -0.25) is 0 Å². The van der Waals surface area contributed by atoms with Crippen molar-refractivity contribution in [1.29, 1.82) is 0 Å². The van der Waals surface area contributed by atoms with E-state index in [1.165, 1.54) is 12.1 Å². The number of hydrogen-bond acceptors (Lipinski definition) is 2. The van der Waals surface area contributed by atoms with Gasteiger partial charge in [-0.2, -0.15) is 5.10 Å². The summed E-state index contributed by atoms with van der Waals surface area (Å²) < 4.78 is 14.8. The van der Waals surface area contributed by atoms with Crippen molar-refractivity contribution in [3.8, 4) is 22.4 Å².